The van der Waals surface area contributed by atoms with Crippen LogP contribution in [0.5, 0.6) is 5.75 Å². The maximum Gasteiger partial charge on any atom is 0.266 e. The van der Waals surface area contributed by atoms with Crippen molar-refractivity contribution < 1.29 is 17.9 Å². The first-order chi connectivity index (χ1) is 15.0. The normalized spacial score (nSPS) is 14.9. The molecule has 4 rings (SSSR count). The van der Waals surface area contributed by atoms with E-state index in [-0.39, 0.29) is 16.6 Å². The number of piperidine rings is 1. The lowest BCUT2D eigenvalue weighted by Gasteiger charge is -2.26. The van der Waals surface area contributed by atoms with Gasteiger partial charge in [-0.1, -0.05) is 36.8 Å². The van der Waals surface area contributed by atoms with Crippen LogP contribution in [-0.2, 0) is 10.0 Å². The number of ether oxygens (including phenoxy) is 1. The van der Waals surface area contributed by atoms with E-state index < -0.39 is 10.0 Å². The SMILES string of the molecule is COc1ccc(NC(=O)c2sccc2-c2ccccc2)cc1S(=O)(=O)N1CCCCC1. The Morgan fingerprint density at radius 2 is 1.77 bits per heavy atom. The summed E-state index contributed by atoms with van der Waals surface area (Å²) in [6.45, 7) is 0.995. The van der Waals surface area contributed by atoms with Crippen molar-refractivity contribution in [3.05, 3.63) is 64.9 Å². The second-order valence-electron chi connectivity index (χ2n) is 7.31. The molecule has 6 nitrogen and oxygen atoms in total. The van der Waals surface area contributed by atoms with Crippen molar-refractivity contribution in [2.24, 2.45) is 0 Å². The van der Waals surface area contributed by atoms with Crippen molar-refractivity contribution in [2.45, 2.75) is 24.2 Å². The summed E-state index contributed by atoms with van der Waals surface area (Å²) in [4.78, 5) is 13.6. The Morgan fingerprint density at radius 3 is 2.48 bits per heavy atom. The maximum atomic E-state index is 13.2. The fraction of sp³-hybridized carbons (Fsp3) is 0.261. The minimum absolute atomic E-state index is 0.0733. The third-order valence-electron chi connectivity index (χ3n) is 5.31. The summed E-state index contributed by atoms with van der Waals surface area (Å²) < 4.78 is 33.2. The lowest BCUT2D eigenvalue weighted by atomic mass is 10.1. The standard InChI is InChI=1S/C23H24N2O4S2/c1-29-20-11-10-18(16-21(20)31(27,28)25-13-6-3-7-14-25)24-23(26)22-19(12-15-30-22)17-8-4-2-5-9-17/h2,4-5,8-12,15-16H,3,6-7,13-14H2,1H3,(H,24,26). The number of sulfonamides is 1. The molecule has 0 bridgehead atoms. The van der Waals surface area contributed by atoms with Gasteiger partial charge < -0.3 is 10.1 Å². The van der Waals surface area contributed by atoms with Gasteiger partial charge in [0.25, 0.3) is 5.91 Å². The van der Waals surface area contributed by atoms with Gasteiger partial charge in [0.05, 0.1) is 12.0 Å². The van der Waals surface area contributed by atoms with E-state index >= 15 is 0 Å². The van der Waals surface area contributed by atoms with E-state index in [0.717, 1.165) is 30.4 Å². The van der Waals surface area contributed by atoms with Crippen molar-refractivity contribution in [2.75, 3.05) is 25.5 Å². The highest BCUT2D eigenvalue weighted by molar-refractivity contribution is 7.89. The van der Waals surface area contributed by atoms with E-state index in [2.05, 4.69) is 5.32 Å². The van der Waals surface area contributed by atoms with Crippen LogP contribution < -0.4 is 10.1 Å². The molecule has 2 aromatic carbocycles. The molecule has 8 heteroatoms. The Balaban J connectivity index is 1.63. The smallest absolute Gasteiger partial charge is 0.266 e. The van der Waals surface area contributed by atoms with E-state index in [0.29, 0.717) is 23.7 Å². The zero-order valence-corrected chi connectivity index (χ0v) is 18.8. The minimum Gasteiger partial charge on any atom is -0.495 e. The molecule has 0 unspecified atom stereocenters. The Labute approximate surface area is 186 Å². The third-order valence-corrected chi connectivity index (χ3v) is 8.14. The molecule has 1 aromatic heterocycles. The second kappa shape index (κ2) is 9.21. The molecule has 1 fully saturated rings. The van der Waals surface area contributed by atoms with Crippen molar-refractivity contribution in [3.63, 3.8) is 0 Å². The lowest BCUT2D eigenvalue weighted by molar-refractivity contribution is 0.103. The molecule has 0 radical (unpaired) electrons. The number of thiophene rings is 1. The number of nitrogens with one attached hydrogen (secondary N) is 1. The summed E-state index contributed by atoms with van der Waals surface area (Å²) in [5.41, 5.74) is 2.21. The molecule has 1 N–H and O–H groups in total. The number of rotatable bonds is 6. The third kappa shape index (κ3) is 4.51. The predicted molar refractivity (Wildman–Crippen MR) is 123 cm³/mol. The first-order valence-electron chi connectivity index (χ1n) is 10.1. The van der Waals surface area contributed by atoms with Crippen LogP contribution in [-0.4, -0.2) is 38.8 Å². The van der Waals surface area contributed by atoms with Crippen LogP contribution in [0.3, 0.4) is 0 Å². The monoisotopic (exact) mass is 456 g/mol. The zero-order valence-electron chi connectivity index (χ0n) is 17.2. The van der Waals surface area contributed by atoms with Gasteiger partial charge in [0.1, 0.15) is 10.6 Å². The van der Waals surface area contributed by atoms with Crippen LogP contribution in [0, 0.1) is 0 Å². The molecule has 2 heterocycles. The predicted octanol–water partition coefficient (Wildman–Crippen LogP) is 4.85. The molecule has 0 spiro atoms. The van der Waals surface area contributed by atoms with Gasteiger partial charge in [-0.15, -0.1) is 11.3 Å². The molecule has 1 amide bonds. The quantitative estimate of drug-likeness (QED) is 0.575. The number of amides is 1. The second-order valence-corrected chi connectivity index (χ2v) is 10.1. The average Bonchev–Trinajstić information content (AvgIpc) is 3.30. The van der Waals surface area contributed by atoms with Crippen LogP contribution in [0.2, 0.25) is 0 Å². The van der Waals surface area contributed by atoms with E-state index in [4.69, 9.17) is 4.74 Å². The molecule has 31 heavy (non-hydrogen) atoms. The number of hydrogen-bond donors (Lipinski definition) is 1. The summed E-state index contributed by atoms with van der Waals surface area (Å²) in [6, 6.07) is 16.3. The Hall–Kier alpha value is -2.68. The number of hydrogen-bond acceptors (Lipinski definition) is 5. The van der Waals surface area contributed by atoms with Crippen molar-refractivity contribution >= 4 is 33.0 Å². The highest BCUT2D eigenvalue weighted by Crippen LogP contribution is 2.33. The topological polar surface area (TPSA) is 75.7 Å². The first kappa shape index (κ1) is 21.5. The largest absolute Gasteiger partial charge is 0.495 e. The average molecular weight is 457 g/mol. The van der Waals surface area contributed by atoms with Crippen LogP contribution >= 0.6 is 11.3 Å². The van der Waals surface area contributed by atoms with E-state index in [1.807, 2.05) is 41.8 Å². The Morgan fingerprint density at radius 1 is 1.03 bits per heavy atom. The summed E-state index contributed by atoms with van der Waals surface area (Å²) in [5, 5.41) is 4.73. The fourth-order valence-corrected chi connectivity index (χ4v) is 6.23. The summed E-state index contributed by atoms with van der Waals surface area (Å²) in [6.07, 6.45) is 2.72. The number of anilines is 1. The lowest BCUT2D eigenvalue weighted by Crippen LogP contribution is -2.35. The first-order valence-corrected chi connectivity index (χ1v) is 12.4. The molecule has 1 aliphatic heterocycles. The zero-order chi connectivity index (χ0) is 21.8. The van der Waals surface area contributed by atoms with Crippen molar-refractivity contribution in [3.8, 4) is 16.9 Å². The van der Waals surface area contributed by atoms with Gasteiger partial charge >= 0.3 is 0 Å². The molecular formula is C23H24N2O4S2. The number of nitrogens with zero attached hydrogens (tertiary/aromatic N) is 1. The van der Waals surface area contributed by atoms with Gasteiger partial charge in [-0.25, -0.2) is 8.42 Å². The molecule has 3 aromatic rings. The van der Waals surface area contributed by atoms with E-state index in [1.54, 1.807) is 12.1 Å². The Kier molecular flexibility index (Phi) is 6.41. The maximum absolute atomic E-state index is 13.2. The number of methoxy groups -OCH3 is 1. The highest BCUT2D eigenvalue weighted by Gasteiger charge is 2.29. The molecule has 0 saturated carbocycles. The molecular weight excluding hydrogens is 432 g/mol. The minimum atomic E-state index is -3.71. The van der Waals surface area contributed by atoms with Gasteiger partial charge in [0, 0.05) is 24.3 Å². The number of benzene rings is 2. The van der Waals surface area contributed by atoms with Gasteiger partial charge in [0.2, 0.25) is 10.0 Å². The number of carbonyl (C=O) groups excluding carboxylic acids is 1. The van der Waals surface area contributed by atoms with Gasteiger partial charge in [-0.2, -0.15) is 4.31 Å². The van der Waals surface area contributed by atoms with Crippen LogP contribution in [0.4, 0.5) is 5.69 Å². The van der Waals surface area contributed by atoms with Gasteiger partial charge in [-0.3, -0.25) is 4.79 Å². The molecule has 1 aliphatic rings. The Bertz CT molecular complexity index is 1170. The summed E-state index contributed by atoms with van der Waals surface area (Å²) in [5.74, 6) is -0.00925. The fourth-order valence-electron chi connectivity index (χ4n) is 3.72. The molecule has 162 valence electrons. The van der Waals surface area contributed by atoms with Gasteiger partial charge in [0.15, 0.2) is 0 Å². The van der Waals surface area contributed by atoms with E-state index in [9.17, 15) is 13.2 Å². The van der Waals surface area contributed by atoms with Crippen molar-refractivity contribution in [1.29, 1.82) is 0 Å². The highest BCUT2D eigenvalue weighted by atomic mass is 32.2. The van der Waals surface area contributed by atoms with Gasteiger partial charge in [-0.05, 0) is 48.1 Å². The van der Waals surface area contributed by atoms with Crippen molar-refractivity contribution in [1.82, 2.24) is 4.31 Å². The van der Waals surface area contributed by atoms with E-state index in [1.165, 1.54) is 28.8 Å². The molecule has 0 atom stereocenters. The van der Waals surface area contributed by atoms with Crippen LogP contribution in [0.25, 0.3) is 11.1 Å². The number of carbonyl (C=O) groups is 1. The van der Waals surface area contributed by atoms with Crippen LogP contribution in [0.15, 0.2) is 64.9 Å². The summed E-state index contributed by atoms with van der Waals surface area (Å²) >= 11 is 1.35. The summed E-state index contributed by atoms with van der Waals surface area (Å²) in [7, 11) is -2.26. The molecule has 1 saturated heterocycles. The molecule has 0 aliphatic carbocycles. The van der Waals surface area contributed by atoms with Crippen LogP contribution in [0.1, 0.15) is 28.9 Å².